The minimum atomic E-state index is -5.17. The predicted molar refractivity (Wildman–Crippen MR) is 393 cm³/mol. The van der Waals surface area contributed by atoms with E-state index >= 15 is 26.3 Å². The van der Waals surface area contributed by atoms with Gasteiger partial charge < -0.3 is 27.4 Å². The van der Waals surface area contributed by atoms with Crippen molar-refractivity contribution in [2.75, 3.05) is 0 Å². The highest BCUT2D eigenvalue weighted by Gasteiger charge is 2.38. The normalized spacial score (nSPS) is 12.5. The molecule has 20 rings (SSSR count). The standard InChI is InChI=1S/C87H49F6N7/c88-86(89,90)53-41-51(42-54(45-53)87(91,92)93)52-43-84(99-80-37-33-55(95-72-25-9-1-17-59(72)60-18-2-10-26-73(60)95)46-67(80)68-47-56(34-38-81(68)99)96-74-27-11-3-19-61(74)62-20-4-12-28-75(62)96)71(50-94)85(44-52)100-82-39-35-57(97-76-29-13-5-21-63(76)64-22-6-14-30-77(64)97)48-69(82)70-49-58(36-40-83(70)100)98-78-31-15-7-23-65(78)66-24-8-16-32-79(66)98/h1-49H. The van der Waals surface area contributed by atoms with Gasteiger partial charge in [-0.15, -0.1) is 0 Å². The van der Waals surface area contributed by atoms with Gasteiger partial charge in [-0.3, -0.25) is 0 Å². The Hall–Kier alpha value is -13.1. The van der Waals surface area contributed by atoms with Crippen LogP contribution in [0.3, 0.4) is 0 Å². The molecule has 13 heteroatoms. The highest BCUT2D eigenvalue weighted by molar-refractivity contribution is 6.17. The summed E-state index contributed by atoms with van der Waals surface area (Å²) in [6.07, 6.45) is -10.3. The average Bonchev–Trinajstić information content (AvgIpc) is 1.53. The van der Waals surface area contributed by atoms with Gasteiger partial charge >= 0.3 is 12.4 Å². The van der Waals surface area contributed by atoms with E-state index < -0.39 is 23.5 Å². The second kappa shape index (κ2) is 21.0. The summed E-state index contributed by atoms with van der Waals surface area (Å²) >= 11 is 0. The third-order valence-electron chi connectivity index (χ3n) is 20.4. The van der Waals surface area contributed by atoms with Gasteiger partial charge in [-0.2, -0.15) is 31.6 Å². The van der Waals surface area contributed by atoms with Gasteiger partial charge in [0.15, 0.2) is 0 Å². The molecule has 7 nitrogen and oxygen atoms in total. The molecule has 6 heterocycles. The summed E-state index contributed by atoms with van der Waals surface area (Å²) in [5, 5.41) is 24.0. The van der Waals surface area contributed by atoms with Crippen LogP contribution in [0.2, 0.25) is 0 Å². The van der Waals surface area contributed by atoms with Crippen LogP contribution < -0.4 is 0 Å². The lowest BCUT2D eigenvalue weighted by Gasteiger charge is -2.20. The number of fused-ring (bicyclic) bond motifs is 18. The third-order valence-corrected chi connectivity index (χ3v) is 20.4. The Kier molecular flexibility index (Phi) is 12.0. The molecule has 0 saturated heterocycles. The molecule has 0 unspecified atom stereocenters. The van der Waals surface area contributed by atoms with Crippen LogP contribution in [-0.2, 0) is 12.4 Å². The summed E-state index contributed by atoms with van der Waals surface area (Å²) < 4.78 is 104. The summed E-state index contributed by atoms with van der Waals surface area (Å²) in [7, 11) is 0. The van der Waals surface area contributed by atoms with E-state index in [0.29, 0.717) is 22.1 Å². The Morgan fingerprint density at radius 3 is 0.650 bits per heavy atom. The van der Waals surface area contributed by atoms with Crippen molar-refractivity contribution >= 4 is 131 Å². The fraction of sp³-hybridized carbons (Fsp3) is 0.0230. The van der Waals surface area contributed by atoms with Crippen LogP contribution in [0.5, 0.6) is 0 Å². The van der Waals surface area contributed by atoms with E-state index in [4.69, 9.17) is 0 Å². The number of rotatable bonds is 7. The highest BCUT2D eigenvalue weighted by atomic mass is 19.4. The van der Waals surface area contributed by atoms with Gasteiger partial charge in [0.25, 0.3) is 0 Å². The zero-order chi connectivity index (χ0) is 67.0. The lowest BCUT2D eigenvalue weighted by Crippen LogP contribution is -2.11. The number of benzene rings is 14. The number of hydrogen-bond donors (Lipinski definition) is 0. The molecule has 14 aromatic carbocycles. The summed E-state index contributed by atoms with van der Waals surface area (Å²) in [6, 6.07) is 98.1. The molecule has 0 bridgehead atoms. The number of para-hydroxylation sites is 8. The van der Waals surface area contributed by atoms with Crippen molar-refractivity contribution in [3.05, 3.63) is 314 Å². The topological polar surface area (TPSA) is 53.4 Å². The van der Waals surface area contributed by atoms with Gasteiger partial charge in [0.1, 0.15) is 11.6 Å². The second-order valence-corrected chi connectivity index (χ2v) is 25.8. The van der Waals surface area contributed by atoms with Gasteiger partial charge in [0.05, 0.1) is 88.7 Å². The molecule has 0 aliphatic rings. The molecule has 0 fully saturated rings. The zero-order valence-corrected chi connectivity index (χ0v) is 52.7. The molecule has 0 saturated carbocycles. The molecule has 0 N–H and O–H groups in total. The van der Waals surface area contributed by atoms with Crippen molar-refractivity contribution in [3.8, 4) is 51.3 Å². The van der Waals surface area contributed by atoms with Crippen molar-refractivity contribution < 1.29 is 26.3 Å². The van der Waals surface area contributed by atoms with Crippen molar-refractivity contribution in [1.29, 1.82) is 5.26 Å². The summed E-state index contributed by atoms with van der Waals surface area (Å²) in [4.78, 5) is 0. The van der Waals surface area contributed by atoms with Gasteiger partial charge in [0, 0.05) is 87.4 Å². The van der Waals surface area contributed by atoms with Crippen LogP contribution in [0.25, 0.3) is 176 Å². The minimum absolute atomic E-state index is 0.0122. The van der Waals surface area contributed by atoms with Crippen molar-refractivity contribution in [2.24, 2.45) is 0 Å². The average molecular weight is 1310 g/mol. The van der Waals surface area contributed by atoms with Gasteiger partial charge in [-0.1, -0.05) is 146 Å². The highest BCUT2D eigenvalue weighted by Crippen LogP contribution is 2.47. The van der Waals surface area contributed by atoms with Gasteiger partial charge in [-0.05, 0) is 163 Å². The first-order chi connectivity index (χ1) is 48.8. The van der Waals surface area contributed by atoms with E-state index in [-0.39, 0.29) is 34.1 Å². The smallest absolute Gasteiger partial charge is 0.309 e. The Morgan fingerprint density at radius 1 is 0.220 bits per heavy atom. The Morgan fingerprint density at radius 2 is 0.430 bits per heavy atom. The maximum absolute atomic E-state index is 15.3. The van der Waals surface area contributed by atoms with Crippen LogP contribution in [-0.4, -0.2) is 27.4 Å². The molecule has 0 radical (unpaired) electrons. The van der Waals surface area contributed by atoms with E-state index in [9.17, 15) is 5.26 Å². The summed E-state index contributed by atoms with van der Waals surface area (Å²) in [5.74, 6) is 0. The largest absolute Gasteiger partial charge is 0.416 e. The van der Waals surface area contributed by atoms with Crippen LogP contribution >= 0.6 is 0 Å². The second-order valence-electron chi connectivity index (χ2n) is 25.8. The van der Waals surface area contributed by atoms with Crippen molar-refractivity contribution in [2.45, 2.75) is 12.4 Å². The number of nitriles is 1. The maximum atomic E-state index is 15.3. The fourth-order valence-corrected chi connectivity index (χ4v) is 16.2. The quantitative estimate of drug-likeness (QED) is 0.147. The zero-order valence-electron chi connectivity index (χ0n) is 52.7. The number of halogens is 6. The van der Waals surface area contributed by atoms with E-state index in [1.165, 1.54) is 0 Å². The van der Waals surface area contributed by atoms with Crippen molar-refractivity contribution in [3.63, 3.8) is 0 Å². The molecule has 0 spiro atoms. The first kappa shape index (κ1) is 57.2. The number of alkyl halides is 6. The molecule has 0 atom stereocenters. The maximum Gasteiger partial charge on any atom is 0.416 e. The third kappa shape index (κ3) is 8.28. The summed E-state index contributed by atoms with van der Waals surface area (Å²) in [6.45, 7) is 0. The first-order valence-corrected chi connectivity index (χ1v) is 32.8. The van der Waals surface area contributed by atoms with Crippen LogP contribution in [0, 0.1) is 11.3 Å². The van der Waals surface area contributed by atoms with E-state index in [1.54, 1.807) is 12.1 Å². The number of aromatic nitrogens is 6. The molecule has 6 aromatic heterocycles. The monoisotopic (exact) mass is 1310 g/mol. The first-order valence-electron chi connectivity index (χ1n) is 32.8. The SMILES string of the molecule is N#Cc1c(-n2c3ccc(-n4c5ccccc5c5ccccc54)cc3c3cc(-n4c5ccccc5c5ccccc54)ccc32)cc(-c2cc(C(F)(F)F)cc(C(F)(F)F)c2)cc1-n1c2ccc(-n3c4ccccc4c4ccccc43)cc2c2cc(-n3c4ccccc4c4ccccc43)ccc21. The molecule has 0 amide bonds. The van der Waals surface area contributed by atoms with Crippen molar-refractivity contribution in [1.82, 2.24) is 27.4 Å². The van der Waals surface area contributed by atoms with E-state index in [1.807, 2.05) is 155 Å². The molecule has 20 aromatic rings. The minimum Gasteiger partial charge on any atom is -0.309 e. The molecule has 0 aliphatic heterocycles. The van der Waals surface area contributed by atoms with Crippen LogP contribution in [0.4, 0.5) is 26.3 Å². The Bertz CT molecular complexity index is 6020. The van der Waals surface area contributed by atoms with Gasteiger partial charge in [0.2, 0.25) is 0 Å². The lowest BCUT2D eigenvalue weighted by atomic mass is 9.96. The number of nitrogens with zero attached hydrogens (tertiary/aromatic N) is 7. The molecule has 0 aliphatic carbocycles. The number of hydrogen-bond acceptors (Lipinski definition) is 1. The summed E-state index contributed by atoms with van der Waals surface area (Å²) in [5.41, 5.74) is 11.1. The lowest BCUT2D eigenvalue weighted by molar-refractivity contribution is -0.143. The molecule has 100 heavy (non-hydrogen) atoms. The van der Waals surface area contributed by atoms with E-state index in [0.717, 1.165) is 144 Å². The van der Waals surface area contributed by atoms with Crippen LogP contribution in [0.1, 0.15) is 16.7 Å². The molecule has 474 valence electrons. The predicted octanol–water partition coefficient (Wildman–Crippen LogP) is 23.8. The van der Waals surface area contributed by atoms with Gasteiger partial charge in [-0.25, -0.2) is 0 Å². The molecular formula is C87H49F6N7. The fourth-order valence-electron chi connectivity index (χ4n) is 16.2. The van der Waals surface area contributed by atoms with E-state index in [2.05, 4.69) is 146 Å². The Balaban J connectivity index is 0.914. The molecular weight excluding hydrogens is 1260 g/mol. The Labute approximate surface area is 564 Å². The van der Waals surface area contributed by atoms with Crippen LogP contribution in [0.15, 0.2) is 297 Å².